The second-order valence-corrected chi connectivity index (χ2v) is 4.50. The van der Waals surface area contributed by atoms with Crippen LogP contribution in [0.4, 0.5) is 0 Å². The molecule has 0 saturated heterocycles. The zero-order valence-electron chi connectivity index (χ0n) is 9.77. The van der Waals surface area contributed by atoms with Gasteiger partial charge in [0.15, 0.2) is 0 Å². The van der Waals surface area contributed by atoms with Crippen molar-refractivity contribution in [1.29, 1.82) is 0 Å². The number of hydrogen-bond donors (Lipinski definition) is 0. The summed E-state index contributed by atoms with van der Waals surface area (Å²) in [6, 6.07) is 27.4. The molecule has 0 aliphatic carbocycles. The Kier molecular flexibility index (Phi) is 1.92. The van der Waals surface area contributed by atoms with Crippen molar-refractivity contribution in [2.75, 3.05) is 0 Å². The van der Waals surface area contributed by atoms with Crippen LogP contribution in [0.3, 0.4) is 0 Å². The van der Waals surface area contributed by atoms with E-state index >= 15 is 0 Å². The Morgan fingerprint density at radius 2 is 1.56 bits per heavy atom. The molecule has 4 rings (SSSR count). The van der Waals surface area contributed by atoms with E-state index in [-0.39, 0.29) is 0 Å². The van der Waals surface area contributed by atoms with Gasteiger partial charge >= 0.3 is 0 Å². The first kappa shape index (κ1) is 9.67. The number of benzene rings is 4. The number of rotatable bonds is 0. The maximum atomic E-state index is 3.28. The maximum Gasteiger partial charge on any atom is -0.00987 e. The molecule has 0 N–H and O–H groups in total. The van der Waals surface area contributed by atoms with Gasteiger partial charge in [0.05, 0.1) is 0 Å². The molecule has 0 heteroatoms. The van der Waals surface area contributed by atoms with Gasteiger partial charge in [0.1, 0.15) is 0 Å². The summed E-state index contributed by atoms with van der Waals surface area (Å²) in [5.74, 6) is 0. The van der Waals surface area contributed by atoms with Gasteiger partial charge in [-0.1, -0.05) is 54.6 Å². The quantitative estimate of drug-likeness (QED) is 0.380. The van der Waals surface area contributed by atoms with Gasteiger partial charge in [-0.05, 0) is 50.5 Å². The normalized spacial score (nSPS) is 11.3. The van der Waals surface area contributed by atoms with Gasteiger partial charge in [-0.2, -0.15) is 0 Å². The maximum absolute atomic E-state index is 3.28. The molecule has 0 saturated carbocycles. The van der Waals surface area contributed by atoms with Crippen LogP contribution < -0.4 is 0 Å². The SMILES string of the molecule is [c]1ccc2c(c1)ccc1c3ccc[c]c3ccc21. The lowest BCUT2D eigenvalue weighted by molar-refractivity contribution is 1.76. The van der Waals surface area contributed by atoms with Gasteiger partial charge in [-0.25, -0.2) is 0 Å². The molecule has 82 valence electrons. The Morgan fingerprint density at radius 1 is 0.667 bits per heavy atom. The third-order valence-electron chi connectivity index (χ3n) is 3.50. The molecule has 0 atom stereocenters. The summed E-state index contributed by atoms with van der Waals surface area (Å²) in [6.45, 7) is 0. The zero-order chi connectivity index (χ0) is 11.9. The van der Waals surface area contributed by atoms with Crippen molar-refractivity contribution in [2.45, 2.75) is 0 Å². The van der Waals surface area contributed by atoms with Gasteiger partial charge < -0.3 is 0 Å². The molecule has 18 heavy (non-hydrogen) atoms. The summed E-state index contributed by atoms with van der Waals surface area (Å²) in [5, 5.41) is 7.56. The van der Waals surface area contributed by atoms with E-state index in [0.29, 0.717) is 0 Å². The number of hydrogen-bond acceptors (Lipinski definition) is 0. The van der Waals surface area contributed by atoms with Gasteiger partial charge in [0.2, 0.25) is 0 Å². The molecule has 4 aromatic carbocycles. The van der Waals surface area contributed by atoms with E-state index in [1.165, 1.54) is 32.3 Å². The number of fused-ring (bicyclic) bond motifs is 5. The molecule has 0 aromatic heterocycles. The van der Waals surface area contributed by atoms with E-state index in [1.807, 2.05) is 24.3 Å². The van der Waals surface area contributed by atoms with Crippen molar-refractivity contribution >= 4 is 32.3 Å². The largest absolute Gasteiger partial charge is 0.0610 e. The monoisotopic (exact) mass is 226 g/mol. The summed E-state index contributed by atoms with van der Waals surface area (Å²) in [6.07, 6.45) is 0. The van der Waals surface area contributed by atoms with Crippen molar-refractivity contribution in [2.24, 2.45) is 0 Å². The van der Waals surface area contributed by atoms with Crippen LogP contribution in [-0.4, -0.2) is 0 Å². The smallest absolute Gasteiger partial charge is 0.00987 e. The van der Waals surface area contributed by atoms with E-state index in [2.05, 4.69) is 48.5 Å². The fourth-order valence-corrected chi connectivity index (χ4v) is 2.64. The lowest BCUT2D eigenvalue weighted by Crippen LogP contribution is -1.80. The van der Waals surface area contributed by atoms with Gasteiger partial charge in [-0.3, -0.25) is 0 Å². The molecule has 4 aromatic rings. The molecule has 0 spiro atoms. The van der Waals surface area contributed by atoms with Crippen molar-refractivity contribution < 1.29 is 0 Å². The lowest BCUT2D eigenvalue weighted by atomic mass is 9.97. The zero-order valence-corrected chi connectivity index (χ0v) is 9.77. The van der Waals surface area contributed by atoms with Crippen molar-refractivity contribution in [3.8, 4) is 0 Å². The van der Waals surface area contributed by atoms with Crippen LogP contribution in [-0.2, 0) is 0 Å². The average Bonchev–Trinajstić information content (AvgIpc) is 2.46. The summed E-state index contributed by atoms with van der Waals surface area (Å²) in [4.78, 5) is 0. The molecular weight excluding hydrogens is 216 g/mol. The van der Waals surface area contributed by atoms with Gasteiger partial charge in [-0.15, -0.1) is 0 Å². The lowest BCUT2D eigenvalue weighted by Gasteiger charge is -2.06. The Bertz CT molecular complexity index is 797. The third kappa shape index (κ3) is 1.26. The van der Waals surface area contributed by atoms with E-state index in [0.717, 1.165) is 0 Å². The second-order valence-electron chi connectivity index (χ2n) is 4.50. The minimum absolute atomic E-state index is 1.17. The topological polar surface area (TPSA) is 0 Å². The Balaban J connectivity index is 2.31. The molecule has 0 fully saturated rings. The van der Waals surface area contributed by atoms with E-state index in [4.69, 9.17) is 0 Å². The van der Waals surface area contributed by atoms with Gasteiger partial charge in [0.25, 0.3) is 0 Å². The Hall–Kier alpha value is -2.34. The highest BCUT2D eigenvalue weighted by atomic mass is 14.1. The fourth-order valence-electron chi connectivity index (χ4n) is 2.64. The summed E-state index contributed by atoms with van der Waals surface area (Å²) < 4.78 is 0. The Labute approximate surface area is 105 Å². The van der Waals surface area contributed by atoms with Crippen LogP contribution >= 0.6 is 0 Å². The molecule has 0 unspecified atom stereocenters. The standard InChI is InChI=1S/C18H10/c1-3-7-15-13(5-1)9-11-18-16-8-4-2-6-14(16)10-12-17(15)18/h1,3-4,6-12H. The molecule has 0 amide bonds. The van der Waals surface area contributed by atoms with Gasteiger partial charge in [0, 0.05) is 0 Å². The molecule has 0 aliphatic rings. The molecule has 0 nitrogen and oxygen atoms in total. The first-order valence-corrected chi connectivity index (χ1v) is 6.05. The molecule has 0 heterocycles. The molecular formula is C18H10. The van der Waals surface area contributed by atoms with Crippen LogP contribution in [0.25, 0.3) is 32.3 Å². The minimum atomic E-state index is 1.17. The first-order valence-electron chi connectivity index (χ1n) is 6.05. The minimum Gasteiger partial charge on any atom is -0.0610 e. The van der Waals surface area contributed by atoms with Crippen LogP contribution in [0.15, 0.2) is 60.7 Å². The second kappa shape index (κ2) is 3.58. The van der Waals surface area contributed by atoms with E-state index in [9.17, 15) is 0 Å². The molecule has 0 bridgehead atoms. The summed E-state index contributed by atoms with van der Waals surface area (Å²) in [7, 11) is 0. The molecule has 0 aliphatic heterocycles. The van der Waals surface area contributed by atoms with Crippen molar-refractivity contribution in [3.05, 3.63) is 72.8 Å². The summed E-state index contributed by atoms with van der Waals surface area (Å²) >= 11 is 0. The van der Waals surface area contributed by atoms with Crippen LogP contribution in [0.1, 0.15) is 0 Å². The highest BCUT2D eigenvalue weighted by molar-refractivity contribution is 6.16. The van der Waals surface area contributed by atoms with Crippen LogP contribution in [0, 0.1) is 12.1 Å². The average molecular weight is 226 g/mol. The van der Waals surface area contributed by atoms with E-state index in [1.54, 1.807) is 0 Å². The third-order valence-corrected chi connectivity index (χ3v) is 3.50. The predicted molar refractivity (Wildman–Crippen MR) is 76.6 cm³/mol. The summed E-state index contributed by atoms with van der Waals surface area (Å²) in [5.41, 5.74) is 0. The van der Waals surface area contributed by atoms with E-state index < -0.39 is 0 Å². The highest BCUT2D eigenvalue weighted by Crippen LogP contribution is 2.30. The predicted octanol–water partition coefficient (Wildman–Crippen LogP) is 4.75. The fraction of sp³-hybridized carbons (Fsp3) is 0. The van der Waals surface area contributed by atoms with Crippen LogP contribution in [0.2, 0.25) is 0 Å². The van der Waals surface area contributed by atoms with Crippen molar-refractivity contribution in [3.63, 3.8) is 0 Å². The Morgan fingerprint density at radius 3 is 2.56 bits per heavy atom. The first-order chi connectivity index (χ1) is 8.93. The van der Waals surface area contributed by atoms with Crippen LogP contribution in [0.5, 0.6) is 0 Å². The highest BCUT2D eigenvalue weighted by Gasteiger charge is 2.03. The van der Waals surface area contributed by atoms with Crippen molar-refractivity contribution in [1.82, 2.24) is 0 Å². The molecule has 2 radical (unpaired) electrons.